The Morgan fingerprint density at radius 3 is 2.20 bits per heavy atom. The van der Waals surface area contributed by atoms with Gasteiger partial charge in [0.05, 0.1) is 12.5 Å². The molecule has 1 atom stereocenters. The number of halogens is 1. The summed E-state index contributed by atoms with van der Waals surface area (Å²) in [5.74, 6) is -0.675. The Bertz CT molecular complexity index is 229. The highest BCUT2D eigenvalue weighted by Gasteiger charge is 2.23. The smallest absolute Gasteiger partial charge is 0.240 e. The number of hydrogen-bond donors (Lipinski definition) is 2. The molecule has 5 nitrogen and oxygen atoms in total. The standard InChI is InChI=1S/C9H17N3O2.ClH/c10-7(6-8(11)13)9(14)12-4-2-1-3-5-12;/h7H,1-6,10H2,(H2,11,13);1H. The van der Waals surface area contributed by atoms with E-state index in [2.05, 4.69) is 0 Å². The number of carbonyl (C=O) groups excluding carboxylic acids is 2. The molecule has 88 valence electrons. The molecule has 2 amide bonds. The van der Waals surface area contributed by atoms with Crippen molar-refractivity contribution in [3.63, 3.8) is 0 Å². The summed E-state index contributed by atoms with van der Waals surface area (Å²) >= 11 is 0. The molecule has 0 aromatic heterocycles. The summed E-state index contributed by atoms with van der Waals surface area (Å²) in [4.78, 5) is 23.9. The minimum absolute atomic E-state index is 0. The van der Waals surface area contributed by atoms with Crippen molar-refractivity contribution in [2.75, 3.05) is 13.1 Å². The lowest BCUT2D eigenvalue weighted by molar-refractivity contribution is -0.135. The van der Waals surface area contributed by atoms with Gasteiger partial charge in [-0.1, -0.05) is 0 Å². The zero-order chi connectivity index (χ0) is 10.6. The molecule has 1 rings (SSSR count). The molecule has 1 heterocycles. The van der Waals surface area contributed by atoms with E-state index in [9.17, 15) is 9.59 Å². The molecular weight excluding hydrogens is 218 g/mol. The van der Waals surface area contributed by atoms with Crippen LogP contribution in [-0.2, 0) is 9.59 Å². The minimum atomic E-state index is -0.759. The maximum absolute atomic E-state index is 11.6. The van der Waals surface area contributed by atoms with Crippen LogP contribution in [0.15, 0.2) is 0 Å². The van der Waals surface area contributed by atoms with Crippen molar-refractivity contribution in [2.45, 2.75) is 31.7 Å². The zero-order valence-corrected chi connectivity index (χ0v) is 9.46. The van der Waals surface area contributed by atoms with Crippen molar-refractivity contribution < 1.29 is 9.59 Å². The van der Waals surface area contributed by atoms with Gasteiger partial charge in [0.1, 0.15) is 0 Å². The number of nitrogens with two attached hydrogens (primary N) is 2. The van der Waals surface area contributed by atoms with E-state index in [-0.39, 0.29) is 24.7 Å². The summed E-state index contributed by atoms with van der Waals surface area (Å²) in [6.45, 7) is 1.51. The quantitative estimate of drug-likeness (QED) is 0.699. The molecule has 0 spiro atoms. The second-order valence-electron chi connectivity index (χ2n) is 3.66. The van der Waals surface area contributed by atoms with Crippen molar-refractivity contribution in [3.8, 4) is 0 Å². The van der Waals surface area contributed by atoms with Crippen LogP contribution in [0.3, 0.4) is 0 Å². The van der Waals surface area contributed by atoms with E-state index in [1.165, 1.54) is 0 Å². The minimum Gasteiger partial charge on any atom is -0.370 e. The van der Waals surface area contributed by atoms with Crippen LogP contribution in [0.2, 0.25) is 0 Å². The second-order valence-corrected chi connectivity index (χ2v) is 3.66. The summed E-state index contributed by atoms with van der Waals surface area (Å²) < 4.78 is 0. The van der Waals surface area contributed by atoms with E-state index in [1.807, 2.05) is 0 Å². The van der Waals surface area contributed by atoms with Crippen molar-refractivity contribution in [2.24, 2.45) is 11.5 Å². The first-order valence-corrected chi connectivity index (χ1v) is 4.94. The highest BCUT2D eigenvalue weighted by atomic mass is 35.5. The third-order valence-electron chi connectivity index (χ3n) is 2.41. The number of carbonyl (C=O) groups is 2. The largest absolute Gasteiger partial charge is 0.370 e. The fraction of sp³-hybridized carbons (Fsp3) is 0.778. The van der Waals surface area contributed by atoms with Crippen LogP contribution >= 0.6 is 12.4 Å². The third kappa shape index (κ3) is 4.48. The van der Waals surface area contributed by atoms with Crippen molar-refractivity contribution in [1.29, 1.82) is 0 Å². The highest BCUT2D eigenvalue weighted by Crippen LogP contribution is 2.10. The van der Waals surface area contributed by atoms with Gasteiger partial charge in [-0.25, -0.2) is 0 Å². The van der Waals surface area contributed by atoms with Crippen LogP contribution < -0.4 is 11.5 Å². The summed E-state index contributed by atoms with van der Waals surface area (Å²) in [7, 11) is 0. The number of primary amides is 1. The van der Waals surface area contributed by atoms with Crippen LogP contribution in [0, 0.1) is 0 Å². The lowest BCUT2D eigenvalue weighted by Crippen LogP contribution is -2.47. The van der Waals surface area contributed by atoms with Crippen molar-refractivity contribution in [1.82, 2.24) is 4.90 Å². The van der Waals surface area contributed by atoms with E-state index in [1.54, 1.807) is 4.90 Å². The summed E-state index contributed by atoms with van der Waals surface area (Å²) in [5.41, 5.74) is 10.5. The Labute approximate surface area is 95.6 Å². The van der Waals surface area contributed by atoms with Gasteiger partial charge in [-0.05, 0) is 19.3 Å². The maximum atomic E-state index is 11.6. The van der Waals surface area contributed by atoms with Gasteiger partial charge in [0, 0.05) is 13.1 Å². The molecule has 0 aliphatic carbocycles. The molecule has 0 aromatic rings. The molecule has 1 aliphatic heterocycles. The molecule has 1 fully saturated rings. The fourth-order valence-electron chi connectivity index (χ4n) is 1.65. The Morgan fingerprint density at radius 2 is 1.73 bits per heavy atom. The van der Waals surface area contributed by atoms with Crippen molar-refractivity contribution >= 4 is 24.2 Å². The first-order valence-electron chi connectivity index (χ1n) is 4.94. The highest BCUT2D eigenvalue weighted by molar-refractivity contribution is 5.87. The van der Waals surface area contributed by atoms with Gasteiger partial charge in [-0.2, -0.15) is 0 Å². The number of amides is 2. The molecule has 0 saturated carbocycles. The fourth-order valence-corrected chi connectivity index (χ4v) is 1.65. The first kappa shape index (κ1) is 14.2. The zero-order valence-electron chi connectivity index (χ0n) is 8.65. The molecule has 0 bridgehead atoms. The summed E-state index contributed by atoms with van der Waals surface area (Å²) in [6, 6.07) is -0.759. The molecular formula is C9H18ClN3O2. The van der Waals surface area contributed by atoms with E-state index in [0.29, 0.717) is 0 Å². The predicted molar refractivity (Wildman–Crippen MR) is 59.5 cm³/mol. The van der Waals surface area contributed by atoms with Crippen LogP contribution in [-0.4, -0.2) is 35.8 Å². The first-order chi connectivity index (χ1) is 6.61. The average Bonchev–Trinajstić information content (AvgIpc) is 2.17. The van der Waals surface area contributed by atoms with Gasteiger partial charge < -0.3 is 16.4 Å². The Hall–Kier alpha value is -0.810. The molecule has 6 heteroatoms. The van der Waals surface area contributed by atoms with Crippen molar-refractivity contribution in [3.05, 3.63) is 0 Å². The lowest BCUT2D eigenvalue weighted by atomic mass is 10.1. The summed E-state index contributed by atoms with van der Waals surface area (Å²) in [6.07, 6.45) is 3.15. The number of hydrogen-bond acceptors (Lipinski definition) is 3. The Kier molecular flexibility index (Phi) is 6.27. The van der Waals surface area contributed by atoms with Crippen LogP contribution in [0.1, 0.15) is 25.7 Å². The number of likely N-dealkylation sites (tertiary alicyclic amines) is 1. The maximum Gasteiger partial charge on any atom is 0.240 e. The van der Waals surface area contributed by atoms with Gasteiger partial charge in [-0.3, -0.25) is 9.59 Å². The van der Waals surface area contributed by atoms with Gasteiger partial charge in [0.2, 0.25) is 11.8 Å². The van der Waals surface area contributed by atoms with Gasteiger partial charge in [-0.15, -0.1) is 12.4 Å². The Balaban J connectivity index is 0.00000196. The van der Waals surface area contributed by atoms with E-state index in [4.69, 9.17) is 11.5 Å². The van der Waals surface area contributed by atoms with Crippen LogP contribution in [0.4, 0.5) is 0 Å². The summed E-state index contributed by atoms with van der Waals surface area (Å²) in [5, 5.41) is 0. The van der Waals surface area contributed by atoms with Crippen LogP contribution in [0.25, 0.3) is 0 Å². The molecule has 15 heavy (non-hydrogen) atoms. The molecule has 1 unspecified atom stereocenters. The molecule has 0 radical (unpaired) electrons. The average molecular weight is 236 g/mol. The van der Waals surface area contributed by atoms with E-state index in [0.717, 1.165) is 32.4 Å². The monoisotopic (exact) mass is 235 g/mol. The molecule has 0 aromatic carbocycles. The molecule has 1 saturated heterocycles. The number of rotatable bonds is 3. The lowest BCUT2D eigenvalue weighted by Gasteiger charge is -2.28. The predicted octanol–water partition coefficient (Wildman–Crippen LogP) is -0.377. The topological polar surface area (TPSA) is 89.4 Å². The number of nitrogens with zero attached hydrogens (tertiary/aromatic N) is 1. The Morgan fingerprint density at radius 1 is 1.20 bits per heavy atom. The number of piperidine rings is 1. The molecule has 1 aliphatic rings. The SMILES string of the molecule is Cl.NC(=O)CC(N)C(=O)N1CCCCC1. The molecule has 4 N–H and O–H groups in total. The van der Waals surface area contributed by atoms with Gasteiger partial charge in [0.25, 0.3) is 0 Å². The van der Waals surface area contributed by atoms with E-state index >= 15 is 0 Å². The van der Waals surface area contributed by atoms with Gasteiger partial charge in [0.15, 0.2) is 0 Å². The van der Waals surface area contributed by atoms with E-state index < -0.39 is 11.9 Å². The third-order valence-corrected chi connectivity index (χ3v) is 2.41. The van der Waals surface area contributed by atoms with Crippen LogP contribution in [0.5, 0.6) is 0 Å². The van der Waals surface area contributed by atoms with Gasteiger partial charge >= 0.3 is 0 Å². The second kappa shape index (κ2) is 6.63. The normalized spacial score (nSPS) is 17.8.